The first kappa shape index (κ1) is 27.9. The summed E-state index contributed by atoms with van der Waals surface area (Å²) in [4.78, 5) is 2.32. The van der Waals surface area contributed by atoms with Crippen LogP contribution < -0.4 is 4.90 Å². The van der Waals surface area contributed by atoms with E-state index < -0.39 is 0 Å². The summed E-state index contributed by atoms with van der Waals surface area (Å²) in [6.07, 6.45) is 4.32. The van der Waals surface area contributed by atoms with Gasteiger partial charge in [-0.15, -0.1) is 0 Å². The highest BCUT2D eigenvalue weighted by molar-refractivity contribution is 5.81. The number of hydrogen-bond acceptors (Lipinski definition) is 1. The molecule has 0 atom stereocenters. The predicted molar refractivity (Wildman–Crippen MR) is 193 cm³/mol. The van der Waals surface area contributed by atoms with Crippen molar-refractivity contribution in [1.82, 2.24) is 0 Å². The minimum Gasteiger partial charge on any atom is -0.311 e. The van der Waals surface area contributed by atoms with E-state index in [4.69, 9.17) is 0 Å². The second-order valence-electron chi connectivity index (χ2n) is 11.1. The lowest BCUT2D eigenvalue weighted by atomic mass is 10.00. The summed E-state index contributed by atoms with van der Waals surface area (Å²) in [5.41, 5.74) is 13.0. The Morgan fingerprint density at radius 2 is 0.511 bits per heavy atom. The summed E-state index contributed by atoms with van der Waals surface area (Å²) in [5, 5.41) is 0. The van der Waals surface area contributed by atoms with Crippen molar-refractivity contribution in [3.05, 3.63) is 199 Å². The van der Waals surface area contributed by atoms with Gasteiger partial charge in [0, 0.05) is 17.1 Å². The van der Waals surface area contributed by atoms with E-state index in [-0.39, 0.29) is 0 Å². The van der Waals surface area contributed by atoms with Crippen LogP contribution in [0.15, 0.2) is 188 Å². The lowest BCUT2D eigenvalue weighted by Crippen LogP contribution is -2.09. The van der Waals surface area contributed by atoms with E-state index in [1.54, 1.807) is 0 Å². The van der Waals surface area contributed by atoms with Crippen molar-refractivity contribution in [3.8, 4) is 33.4 Å². The van der Waals surface area contributed by atoms with Crippen LogP contribution in [0.3, 0.4) is 0 Å². The van der Waals surface area contributed by atoms with Gasteiger partial charge in [0.1, 0.15) is 0 Å². The maximum Gasteiger partial charge on any atom is 0.0462 e. The summed E-state index contributed by atoms with van der Waals surface area (Å²) in [6, 6.07) is 66.7. The highest BCUT2D eigenvalue weighted by Crippen LogP contribution is 2.37. The Hall–Kier alpha value is -5.92. The molecule has 1 nitrogen and oxygen atoms in total. The average molecular weight is 576 g/mol. The molecule has 0 spiro atoms. The van der Waals surface area contributed by atoms with Gasteiger partial charge in [0.15, 0.2) is 0 Å². The Bertz CT molecular complexity index is 1970. The molecule has 1 heteroatoms. The van der Waals surface area contributed by atoms with Crippen molar-refractivity contribution in [2.45, 2.75) is 0 Å². The van der Waals surface area contributed by atoms with Gasteiger partial charge in [0.25, 0.3) is 0 Å². The fourth-order valence-corrected chi connectivity index (χ4v) is 5.66. The molecular formula is C44H33N. The normalized spacial score (nSPS) is 11.0. The van der Waals surface area contributed by atoms with Crippen LogP contribution in [-0.4, -0.2) is 0 Å². The van der Waals surface area contributed by atoms with Crippen LogP contribution in [0.2, 0.25) is 0 Å². The molecule has 45 heavy (non-hydrogen) atoms. The van der Waals surface area contributed by atoms with E-state index in [0.717, 1.165) is 22.6 Å². The molecule has 0 saturated carbocycles. The van der Waals surface area contributed by atoms with E-state index in [0.29, 0.717) is 0 Å². The van der Waals surface area contributed by atoms with Gasteiger partial charge in [-0.1, -0.05) is 164 Å². The molecule has 0 radical (unpaired) electrons. The summed E-state index contributed by atoms with van der Waals surface area (Å²) in [6.45, 7) is 0. The highest BCUT2D eigenvalue weighted by atomic mass is 15.1. The second kappa shape index (κ2) is 13.2. The summed E-state index contributed by atoms with van der Waals surface area (Å²) < 4.78 is 0. The lowest BCUT2D eigenvalue weighted by Gasteiger charge is -2.26. The van der Waals surface area contributed by atoms with Gasteiger partial charge in [-0.25, -0.2) is 0 Å². The average Bonchev–Trinajstić information content (AvgIpc) is 3.13. The minimum absolute atomic E-state index is 1.11. The highest BCUT2D eigenvalue weighted by Gasteiger charge is 2.13. The minimum atomic E-state index is 1.11. The van der Waals surface area contributed by atoms with Gasteiger partial charge in [-0.3, -0.25) is 0 Å². The maximum atomic E-state index is 2.32. The molecular weight excluding hydrogens is 542 g/mol. The fourth-order valence-electron chi connectivity index (χ4n) is 5.66. The molecule has 7 rings (SSSR count). The van der Waals surface area contributed by atoms with Crippen LogP contribution in [0.4, 0.5) is 17.1 Å². The Morgan fingerprint density at radius 1 is 0.244 bits per heavy atom. The first-order chi connectivity index (χ1) is 22.3. The SMILES string of the molecule is C(=Cc1ccc(N(c2ccc(-c3ccccc3)cc2)c2ccc(-c3ccc(-c4ccccc4)cc3)cc2)cc1)c1ccccc1. The third-order valence-corrected chi connectivity index (χ3v) is 8.10. The van der Waals surface area contributed by atoms with Gasteiger partial charge >= 0.3 is 0 Å². The fraction of sp³-hybridized carbons (Fsp3) is 0. The molecule has 7 aromatic carbocycles. The lowest BCUT2D eigenvalue weighted by molar-refractivity contribution is 1.28. The van der Waals surface area contributed by atoms with Gasteiger partial charge in [-0.05, 0) is 80.9 Å². The largest absolute Gasteiger partial charge is 0.311 e. The maximum absolute atomic E-state index is 2.32. The zero-order valence-electron chi connectivity index (χ0n) is 25.0. The van der Waals surface area contributed by atoms with Crippen LogP contribution in [0.25, 0.3) is 45.5 Å². The molecule has 0 aromatic heterocycles. The third kappa shape index (κ3) is 6.54. The van der Waals surface area contributed by atoms with Crippen molar-refractivity contribution in [2.24, 2.45) is 0 Å². The number of rotatable bonds is 8. The van der Waals surface area contributed by atoms with Crippen molar-refractivity contribution >= 4 is 29.2 Å². The zero-order chi connectivity index (χ0) is 30.3. The molecule has 0 bridgehead atoms. The number of benzene rings is 7. The van der Waals surface area contributed by atoms with Gasteiger partial charge in [0.05, 0.1) is 0 Å². The van der Waals surface area contributed by atoms with Crippen LogP contribution in [-0.2, 0) is 0 Å². The van der Waals surface area contributed by atoms with Crippen molar-refractivity contribution in [1.29, 1.82) is 0 Å². The monoisotopic (exact) mass is 575 g/mol. The quantitative estimate of drug-likeness (QED) is 0.163. The zero-order valence-corrected chi connectivity index (χ0v) is 25.0. The smallest absolute Gasteiger partial charge is 0.0462 e. The molecule has 214 valence electrons. The van der Waals surface area contributed by atoms with Crippen molar-refractivity contribution in [3.63, 3.8) is 0 Å². The standard InChI is InChI=1S/C44H33N/c1-4-10-34(11-5-1)16-17-35-18-28-42(29-19-35)45(43-30-24-40(25-31-43)37-14-8-3-9-15-37)44-32-26-41(27-33-44)39-22-20-38(21-23-39)36-12-6-2-7-13-36/h1-33H. The molecule has 0 N–H and O–H groups in total. The van der Waals surface area contributed by atoms with Crippen LogP contribution in [0, 0.1) is 0 Å². The molecule has 0 aliphatic carbocycles. The van der Waals surface area contributed by atoms with E-state index in [1.807, 2.05) is 6.07 Å². The molecule has 7 aromatic rings. The topological polar surface area (TPSA) is 3.24 Å². The Kier molecular flexibility index (Phi) is 8.15. The summed E-state index contributed by atoms with van der Waals surface area (Å²) >= 11 is 0. The number of nitrogens with zero attached hydrogens (tertiary/aromatic N) is 1. The summed E-state index contributed by atoms with van der Waals surface area (Å²) in [5.74, 6) is 0. The van der Waals surface area contributed by atoms with Gasteiger partial charge in [0.2, 0.25) is 0 Å². The van der Waals surface area contributed by atoms with E-state index >= 15 is 0 Å². The molecule has 0 fully saturated rings. The Labute approximate surface area is 266 Å². The number of anilines is 3. The molecule has 0 heterocycles. The third-order valence-electron chi connectivity index (χ3n) is 8.10. The van der Waals surface area contributed by atoms with Crippen LogP contribution in [0.1, 0.15) is 11.1 Å². The van der Waals surface area contributed by atoms with Crippen LogP contribution >= 0.6 is 0 Å². The van der Waals surface area contributed by atoms with Gasteiger partial charge < -0.3 is 4.90 Å². The van der Waals surface area contributed by atoms with E-state index in [9.17, 15) is 0 Å². The first-order valence-electron chi connectivity index (χ1n) is 15.3. The molecule has 0 aliphatic heterocycles. The van der Waals surface area contributed by atoms with Crippen LogP contribution in [0.5, 0.6) is 0 Å². The van der Waals surface area contributed by atoms with Crippen molar-refractivity contribution < 1.29 is 0 Å². The molecule has 0 aliphatic rings. The van der Waals surface area contributed by atoms with Crippen molar-refractivity contribution in [2.75, 3.05) is 4.90 Å². The second-order valence-corrected chi connectivity index (χ2v) is 11.1. The Balaban J connectivity index is 1.19. The Morgan fingerprint density at radius 3 is 0.889 bits per heavy atom. The molecule has 0 amide bonds. The summed E-state index contributed by atoms with van der Waals surface area (Å²) in [7, 11) is 0. The van der Waals surface area contributed by atoms with Gasteiger partial charge in [-0.2, -0.15) is 0 Å². The number of hydrogen-bond donors (Lipinski definition) is 0. The van der Waals surface area contributed by atoms with E-state index in [1.165, 1.54) is 38.9 Å². The predicted octanol–water partition coefficient (Wildman–Crippen LogP) is 12.3. The first-order valence-corrected chi connectivity index (χ1v) is 15.3. The molecule has 0 saturated heterocycles. The van der Waals surface area contributed by atoms with E-state index in [2.05, 4.69) is 199 Å². The molecule has 0 unspecified atom stereocenters.